The van der Waals surface area contributed by atoms with E-state index in [4.69, 9.17) is 0 Å². The van der Waals surface area contributed by atoms with Gasteiger partial charge in [-0.05, 0) is 50.5 Å². The van der Waals surface area contributed by atoms with Crippen molar-refractivity contribution in [1.29, 1.82) is 0 Å². The number of halogens is 4. The molecule has 1 aromatic carbocycles. The lowest BCUT2D eigenvalue weighted by atomic mass is 9.94. The normalized spacial score (nSPS) is 14.6. The Morgan fingerprint density at radius 2 is 1.86 bits per heavy atom. The van der Waals surface area contributed by atoms with Crippen molar-refractivity contribution in [2.75, 3.05) is 5.32 Å². The summed E-state index contributed by atoms with van der Waals surface area (Å²) < 4.78 is 49.7. The molecule has 0 saturated heterocycles. The summed E-state index contributed by atoms with van der Waals surface area (Å²) in [5, 5.41) is 11.8. The number of alkyl halides is 3. The number of carboxylic acid groups (broad SMARTS) is 1. The Labute approximate surface area is 120 Å². The first-order valence-corrected chi connectivity index (χ1v) is 6.37. The van der Waals surface area contributed by atoms with E-state index >= 15 is 0 Å². The van der Waals surface area contributed by atoms with Crippen molar-refractivity contribution in [3.05, 3.63) is 29.6 Å². The first-order valence-electron chi connectivity index (χ1n) is 6.37. The zero-order valence-corrected chi connectivity index (χ0v) is 11.7. The van der Waals surface area contributed by atoms with Crippen molar-refractivity contribution in [3.63, 3.8) is 0 Å². The molecule has 0 saturated carbocycles. The monoisotopic (exact) mass is 307 g/mol. The second-order valence-corrected chi connectivity index (χ2v) is 5.25. The number of carboxylic acids is 1. The Hall–Kier alpha value is -1.79. The van der Waals surface area contributed by atoms with E-state index in [0.29, 0.717) is 5.56 Å². The number of carbonyl (C=O) groups is 1. The molecule has 0 aliphatic heterocycles. The van der Waals surface area contributed by atoms with Crippen molar-refractivity contribution in [2.45, 2.75) is 44.8 Å². The average Bonchev–Trinajstić information content (AvgIpc) is 2.24. The minimum Gasteiger partial charge on any atom is -0.480 e. The third kappa shape index (κ3) is 5.61. The van der Waals surface area contributed by atoms with Gasteiger partial charge in [-0.25, -0.2) is 9.18 Å². The summed E-state index contributed by atoms with van der Waals surface area (Å²) >= 11 is 0. The largest absolute Gasteiger partial charge is 0.480 e. The molecular formula is C14H17F4NO2. The van der Waals surface area contributed by atoms with Crippen molar-refractivity contribution < 1.29 is 27.5 Å². The number of hydrogen-bond donors (Lipinski definition) is 2. The highest BCUT2D eigenvalue weighted by Crippen LogP contribution is 2.27. The SMILES string of the molecule is Cc1cc(F)cc(NC(C)(CCCC(F)(F)F)C(=O)O)c1. The molecule has 0 amide bonds. The number of aryl methyl sites for hydroxylation is 1. The number of rotatable bonds is 6. The molecule has 2 N–H and O–H groups in total. The lowest BCUT2D eigenvalue weighted by Gasteiger charge is -2.28. The fourth-order valence-corrected chi connectivity index (χ4v) is 1.99. The number of nitrogens with one attached hydrogen (secondary N) is 1. The van der Waals surface area contributed by atoms with Gasteiger partial charge >= 0.3 is 12.1 Å². The second-order valence-electron chi connectivity index (χ2n) is 5.25. The number of benzene rings is 1. The third-order valence-corrected chi connectivity index (χ3v) is 3.07. The molecule has 0 aliphatic carbocycles. The zero-order chi connectivity index (χ0) is 16.3. The van der Waals surface area contributed by atoms with Crippen LogP contribution in [0.1, 0.15) is 31.7 Å². The van der Waals surface area contributed by atoms with Crippen LogP contribution in [0.15, 0.2) is 18.2 Å². The number of hydrogen-bond acceptors (Lipinski definition) is 2. The highest BCUT2D eigenvalue weighted by atomic mass is 19.4. The Kier molecular flexibility index (Phi) is 5.20. The number of anilines is 1. The Balaban J connectivity index is 2.82. The van der Waals surface area contributed by atoms with Crippen LogP contribution in [0.25, 0.3) is 0 Å². The zero-order valence-electron chi connectivity index (χ0n) is 11.7. The molecule has 0 heterocycles. The summed E-state index contributed by atoms with van der Waals surface area (Å²) in [5.74, 6) is -1.83. The maximum Gasteiger partial charge on any atom is 0.389 e. The Bertz CT molecular complexity index is 496. The van der Waals surface area contributed by atoms with E-state index in [0.717, 1.165) is 6.07 Å². The van der Waals surface area contributed by atoms with Gasteiger partial charge in [0.2, 0.25) is 0 Å². The lowest BCUT2D eigenvalue weighted by Crippen LogP contribution is -2.43. The smallest absolute Gasteiger partial charge is 0.389 e. The summed E-state index contributed by atoms with van der Waals surface area (Å²) in [5.41, 5.74) is -0.782. The van der Waals surface area contributed by atoms with E-state index in [2.05, 4.69) is 5.32 Å². The summed E-state index contributed by atoms with van der Waals surface area (Å²) in [6.07, 6.45) is -5.93. The van der Waals surface area contributed by atoms with Gasteiger partial charge in [0.15, 0.2) is 0 Å². The molecule has 0 aromatic heterocycles. The maximum absolute atomic E-state index is 13.3. The van der Waals surface area contributed by atoms with Crippen molar-refractivity contribution in [2.24, 2.45) is 0 Å². The quantitative estimate of drug-likeness (QED) is 0.777. The predicted molar refractivity (Wildman–Crippen MR) is 70.7 cm³/mol. The van der Waals surface area contributed by atoms with E-state index in [-0.39, 0.29) is 18.5 Å². The fraction of sp³-hybridized carbons (Fsp3) is 0.500. The van der Waals surface area contributed by atoms with Crippen LogP contribution in [0.2, 0.25) is 0 Å². The Morgan fingerprint density at radius 3 is 2.33 bits per heavy atom. The van der Waals surface area contributed by atoms with Crippen LogP contribution in [0, 0.1) is 12.7 Å². The minimum absolute atomic E-state index is 0.225. The fourth-order valence-electron chi connectivity index (χ4n) is 1.99. The Morgan fingerprint density at radius 1 is 1.24 bits per heavy atom. The first kappa shape index (κ1) is 17.3. The molecule has 0 spiro atoms. The van der Waals surface area contributed by atoms with Crippen LogP contribution in [-0.2, 0) is 4.79 Å². The molecule has 1 atom stereocenters. The molecule has 1 rings (SSSR count). The molecule has 0 fully saturated rings. The van der Waals surface area contributed by atoms with E-state index in [1.54, 1.807) is 6.92 Å². The molecule has 1 aromatic rings. The topological polar surface area (TPSA) is 49.3 Å². The predicted octanol–water partition coefficient (Wildman–Crippen LogP) is 4.12. The average molecular weight is 307 g/mol. The minimum atomic E-state index is -4.32. The van der Waals surface area contributed by atoms with Crippen LogP contribution >= 0.6 is 0 Å². The van der Waals surface area contributed by atoms with Gasteiger partial charge in [0, 0.05) is 12.1 Å². The second kappa shape index (κ2) is 6.32. The van der Waals surface area contributed by atoms with E-state index in [9.17, 15) is 27.5 Å². The molecule has 7 heteroatoms. The van der Waals surface area contributed by atoms with Gasteiger partial charge in [-0.1, -0.05) is 0 Å². The van der Waals surface area contributed by atoms with E-state index in [1.807, 2.05) is 0 Å². The van der Waals surface area contributed by atoms with Gasteiger partial charge in [0.05, 0.1) is 0 Å². The third-order valence-electron chi connectivity index (χ3n) is 3.07. The first-order chi connectivity index (χ1) is 9.52. The maximum atomic E-state index is 13.3. The van der Waals surface area contributed by atoms with Gasteiger partial charge in [0.1, 0.15) is 11.4 Å². The van der Waals surface area contributed by atoms with Crippen LogP contribution < -0.4 is 5.32 Å². The van der Waals surface area contributed by atoms with Crippen LogP contribution in [0.3, 0.4) is 0 Å². The van der Waals surface area contributed by atoms with Gasteiger partial charge in [-0.15, -0.1) is 0 Å². The molecular weight excluding hydrogens is 290 g/mol. The van der Waals surface area contributed by atoms with Gasteiger partial charge in [0.25, 0.3) is 0 Å². The van der Waals surface area contributed by atoms with Crippen molar-refractivity contribution in [3.8, 4) is 0 Å². The molecule has 3 nitrogen and oxygen atoms in total. The summed E-state index contributed by atoms with van der Waals surface area (Å²) in [7, 11) is 0. The highest BCUT2D eigenvalue weighted by Gasteiger charge is 2.35. The molecule has 0 bridgehead atoms. The van der Waals surface area contributed by atoms with Crippen LogP contribution in [-0.4, -0.2) is 22.8 Å². The van der Waals surface area contributed by atoms with Crippen LogP contribution in [0.5, 0.6) is 0 Å². The summed E-state index contributed by atoms with van der Waals surface area (Å²) in [6.45, 7) is 2.92. The highest BCUT2D eigenvalue weighted by molar-refractivity contribution is 5.82. The number of aliphatic carboxylic acids is 1. The van der Waals surface area contributed by atoms with Gasteiger partial charge in [-0.3, -0.25) is 0 Å². The van der Waals surface area contributed by atoms with Crippen LogP contribution in [0.4, 0.5) is 23.2 Å². The van der Waals surface area contributed by atoms with E-state index < -0.39 is 29.9 Å². The van der Waals surface area contributed by atoms with E-state index in [1.165, 1.54) is 19.1 Å². The molecule has 0 aliphatic rings. The van der Waals surface area contributed by atoms with Gasteiger partial charge < -0.3 is 10.4 Å². The molecule has 0 radical (unpaired) electrons. The molecule has 118 valence electrons. The van der Waals surface area contributed by atoms with Crippen molar-refractivity contribution in [1.82, 2.24) is 0 Å². The molecule has 1 unspecified atom stereocenters. The summed E-state index contributed by atoms with van der Waals surface area (Å²) in [6, 6.07) is 3.92. The summed E-state index contributed by atoms with van der Waals surface area (Å²) in [4.78, 5) is 11.3. The molecule has 21 heavy (non-hydrogen) atoms. The van der Waals surface area contributed by atoms with Gasteiger partial charge in [-0.2, -0.15) is 13.2 Å². The lowest BCUT2D eigenvalue weighted by molar-refractivity contribution is -0.145. The van der Waals surface area contributed by atoms with Crippen molar-refractivity contribution >= 4 is 11.7 Å². The standard InChI is InChI=1S/C14H17F4NO2/c1-9-6-10(15)8-11(7-9)19-13(2,12(20)21)4-3-5-14(16,17)18/h6-8,19H,3-5H2,1-2H3,(H,20,21).